The maximum atomic E-state index is 9.93. The molecule has 1 aromatic carbocycles. The Hall–Kier alpha value is -3.16. The van der Waals surface area contributed by atoms with Crippen molar-refractivity contribution in [2.45, 2.75) is 24.4 Å². The highest BCUT2D eigenvalue weighted by molar-refractivity contribution is 5.88. The Kier molecular flexibility index (Phi) is 5.15. The number of morpholine rings is 1. The third-order valence-electron chi connectivity index (χ3n) is 6.46. The van der Waals surface area contributed by atoms with Crippen LogP contribution in [0.2, 0.25) is 0 Å². The Balaban J connectivity index is 1.26. The van der Waals surface area contributed by atoms with Gasteiger partial charge in [-0.05, 0) is 23.8 Å². The molecule has 5 heterocycles. The molecule has 0 unspecified atom stereocenters. The molecule has 9 nitrogen and oxygen atoms in total. The van der Waals surface area contributed by atoms with Gasteiger partial charge in [0.15, 0.2) is 12.0 Å². The molecule has 0 aliphatic carbocycles. The second-order valence-electron chi connectivity index (χ2n) is 8.50. The number of ether oxygens (including phenoxy) is 4. The molecule has 3 aliphatic rings. The van der Waals surface area contributed by atoms with Crippen molar-refractivity contribution in [3.8, 4) is 17.1 Å². The highest BCUT2D eigenvalue weighted by Gasteiger charge is 2.48. The zero-order valence-corrected chi connectivity index (χ0v) is 17.9. The Labute approximate surface area is 190 Å². The van der Waals surface area contributed by atoms with E-state index in [0.29, 0.717) is 29.4 Å². The Bertz CT molecular complexity index is 1200. The fraction of sp³-hybridized carbons (Fsp3) is 0.417. The summed E-state index contributed by atoms with van der Waals surface area (Å²) >= 11 is 0. The van der Waals surface area contributed by atoms with Crippen LogP contribution in [0.5, 0.6) is 5.88 Å². The maximum absolute atomic E-state index is 9.93. The molecule has 4 atom stereocenters. The van der Waals surface area contributed by atoms with Crippen molar-refractivity contribution < 1.29 is 24.1 Å². The number of nitrogens with zero attached hydrogens (tertiary/aromatic N) is 3. The lowest BCUT2D eigenvalue weighted by molar-refractivity contribution is 0.00794. The number of pyridine rings is 1. The summed E-state index contributed by atoms with van der Waals surface area (Å²) in [6, 6.07) is 11.8. The number of hydrogen-bond donors (Lipinski definition) is 2. The lowest BCUT2D eigenvalue weighted by Gasteiger charge is -2.28. The molecule has 170 valence electrons. The van der Waals surface area contributed by atoms with Crippen LogP contribution in [0.1, 0.15) is 0 Å². The molecular weight excluding hydrogens is 424 g/mol. The summed E-state index contributed by atoms with van der Waals surface area (Å²) < 4.78 is 22.8. The topological polar surface area (TPSA) is 93.4 Å². The molecule has 9 heteroatoms. The molecule has 3 saturated heterocycles. The predicted molar refractivity (Wildman–Crippen MR) is 121 cm³/mol. The minimum atomic E-state index is -0.619. The van der Waals surface area contributed by atoms with Crippen LogP contribution < -0.4 is 9.64 Å². The molecule has 6 rings (SSSR count). The molecule has 0 spiro atoms. The van der Waals surface area contributed by atoms with Gasteiger partial charge in [-0.25, -0.2) is 4.85 Å². The number of aliphatic hydroxyl groups is 1. The molecule has 0 amide bonds. The van der Waals surface area contributed by atoms with E-state index >= 15 is 0 Å². The quantitative estimate of drug-likeness (QED) is 0.593. The fourth-order valence-corrected chi connectivity index (χ4v) is 4.74. The summed E-state index contributed by atoms with van der Waals surface area (Å²) in [4.78, 5) is 14.0. The van der Waals surface area contributed by atoms with E-state index in [0.717, 1.165) is 43.1 Å². The fourth-order valence-electron chi connectivity index (χ4n) is 4.74. The summed E-state index contributed by atoms with van der Waals surface area (Å²) in [5, 5.41) is 9.93. The van der Waals surface area contributed by atoms with Gasteiger partial charge in [0.05, 0.1) is 49.7 Å². The second-order valence-corrected chi connectivity index (χ2v) is 8.50. The van der Waals surface area contributed by atoms with Gasteiger partial charge in [0.25, 0.3) is 0 Å². The van der Waals surface area contributed by atoms with Crippen LogP contribution in [0.25, 0.3) is 27.1 Å². The number of hydrogen-bond acceptors (Lipinski definition) is 7. The van der Waals surface area contributed by atoms with Gasteiger partial charge in [-0.3, -0.25) is 4.98 Å². The number of anilines is 1. The summed E-state index contributed by atoms with van der Waals surface area (Å²) in [5.74, 6) is 0.535. The summed E-state index contributed by atoms with van der Waals surface area (Å²) in [5.41, 5.74) is 4.59. The van der Waals surface area contributed by atoms with Gasteiger partial charge in [-0.1, -0.05) is 12.1 Å². The number of rotatable bonds is 4. The zero-order chi connectivity index (χ0) is 22.4. The molecule has 2 N–H and O–H groups in total. The summed E-state index contributed by atoms with van der Waals surface area (Å²) in [6.07, 6.45) is -1.57. The third-order valence-corrected chi connectivity index (χ3v) is 6.46. The van der Waals surface area contributed by atoms with Crippen LogP contribution in [0.15, 0.2) is 36.4 Å². The van der Waals surface area contributed by atoms with Crippen LogP contribution in [0.4, 0.5) is 11.4 Å². The average Bonchev–Trinajstić information content (AvgIpc) is 3.55. The van der Waals surface area contributed by atoms with Gasteiger partial charge in [-0.15, -0.1) is 0 Å². The summed E-state index contributed by atoms with van der Waals surface area (Å²) in [6.45, 7) is 11.5. The number of fused-ring (bicyclic) bond motifs is 2. The van der Waals surface area contributed by atoms with Crippen molar-refractivity contribution in [1.29, 1.82) is 0 Å². The number of aromatic nitrogens is 2. The zero-order valence-electron chi connectivity index (χ0n) is 17.9. The van der Waals surface area contributed by atoms with E-state index in [1.165, 1.54) is 0 Å². The van der Waals surface area contributed by atoms with Gasteiger partial charge in [-0.2, -0.15) is 0 Å². The average molecular weight is 448 g/mol. The van der Waals surface area contributed by atoms with Gasteiger partial charge in [0.1, 0.15) is 18.3 Å². The molecule has 0 radical (unpaired) electrons. The van der Waals surface area contributed by atoms with Crippen molar-refractivity contribution in [1.82, 2.24) is 9.97 Å². The Morgan fingerprint density at radius 2 is 1.88 bits per heavy atom. The lowest BCUT2D eigenvalue weighted by Crippen LogP contribution is -2.36. The molecule has 2 aromatic heterocycles. The normalized spacial score (nSPS) is 27.0. The molecule has 3 fully saturated rings. The monoisotopic (exact) mass is 448 g/mol. The van der Waals surface area contributed by atoms with Crippen molar-refractivity contribution >= 4 is 22.4 Å². The Morgan fingerprint density at radius 1 is 1.09 bits per heavy atom. The SMILES string of the molecule is [C-]#[N+]c1cc2[nH]c(O[C@@H]3CO[C@H]4[C@@H]3OC[C@H]4O)cc2nc1-c1ccc(N2CCOCC2)cc1. The number of benzene rings is 1. The predicted octanol–water partition coefficient (Wildman–Crippen LogP) is 2.52. The van der Waals surface area contributed by atoms with E-state index in [2.05, 4.69) is 26.9 Å². The Morgan fingerprint density at radius 3 is 2.67 bits per heavy atom. The molecule has 3 aromatic rings. The number of aliphatic hydroxyl groups excluding tert-OH is 1. The highest BCUT2D eigenvalue weighted by atomic mass is 16.6. The largest absolute Gasteiger partial charge is 0.470 e. The van der Waals surface area contributed by atoms with Gasteiger partial charge < -0.3 is 33.9 Å². The van der Waals surface area contributed by atoms with Gasteiger partial charge in [0.2, 0.25) is 5.69 Å². The second kappa shape index (κ2) is 8.32. The maximum Gasteiger partial charge on any atom is 0.215 e. The molecule has 0 bridgehead atoms. The van der Waals surface area contributed by atoms with Gasteiger partial charge >= 0.3 is 0 Å². The minimum Gasteiger partial charge on any atom is -0.470 e. The third kappa shape index (κ3) is 3.71. The van der Waals surface area contributed by atoms with Crippen LogP contribution >= 0.6 is 0 Å². The van der Waals surface area contributed by atoms with Crippen molar-refractivity contribution in [2.75, 3.05) is 44.4 Å². The first-order valence-corrected chi connectivity index (χ1v) is 11.1. The van der Waals surface area contributed by atoms with Crippen molar-refractivity contribution in [3.05, 3.63) is 47.8 Å². The first kappa shape index (κ1) is 20.4. The van der Waals surface area contributed by atoms with Crippen LogP contribution in [-0.2, 0) is 14.2 Å². The van der Waals surface area contributed by atoms with Crippen LogP contribution in [-0.4, -0.2) is 79.0 Å². The van der Waals surface area contributed by atoms with E-state index in [9.17, 15) is 5.11 Å². The molecular formula is C24H24N4O5. The molecule has 0 saturated carbocycles. The van der Waals surface area contributed by atoms with Crippen LogP contribution in [0, 0.1) is 6.57 Å². The number of H-pyrrole nitrogens is 1. The molecule has 33 heavy (non-hydrogen) atoms. The van der Waals surface area contributed by atoms with E-state index in [1.54, 1.807) is 6.07 Å². The van der Waals surface area contributed by atoms with E-state index < -0.39 is 6.10 Å². The van der Waals surface area contributed by atoms with E-state index in [1.807, 2.05) is 18.2 Å². The van der Waals surface area contributed by atoms with Crippen molar-refractivity contribution in [3.63, 3.8) is 0 Å². The summed E-state index contributed by atoms with van der Waals surface area (Å²) in [7, 11) is 0. The smallest absolute Gasteiger partial charge is 0.215 e. The van der Waals surface area contributed by atoms with Crippen LogP contribution in [0.3, 0.4) is 0 Å². The first-order chi connectivity index (χ1) is 16.2. The van der Waals surface area contributed by atoms with E-state index in [-0.39, 0.29) is 24.9 Å². The standard InChI is InChI=1S/C24H24N4O5/c1-25-18-10-16-17(11-21(26-16)33-20-13-32-23-19(29)12-31-24(20)23)27-22(18)14-2-4-15(5-3-14)28-6-8-30-9-7-28/h2-5,10-11,19-20,23-24,26,29H,6-9,12-13H2/t19-,20-,23-,24-/m1/s1. The lowest BCUT2D eigenvalue weighted by atomic mass is 10.1. The minimum absolute atomic E-state index is 0.255. The van der Waals surface area contributed by atoms with Gasteiger partial charge in [0, 0.05) is 24.8 Å². The number of aromatic amines is 1. The first-order valence-electron chi connectivity index (χ1n) is 11.1. The number of nitrogens with one attached hydrogen (secondary N) is 1. The van der Waals surface area contributed by atoms with E-state index in [4.69, 9.17) is 30.5 Å². The highest BCUT2D eigenvalue weighted by Crippen LogP contribution is 2.35. The van der Waals surface area contributed by atoms with Crippen molar-refractivity contribution in [2.24, 2.45) is 0 Å². The molecule has 3 aliphatic heterocycles.